The highest BCUT2D eigenvalue weighted by Gasteiger charge is 2.24. The van der Waals surface area contributed by atoms with E-state index in [4.69, 9.17) is 0 Å². The number of benzene rings is 1. The monoisotopic (exact) mass is 308 g/mol. The van der Waals surface area contributed by atoms with Gasteiger partial charge in [-0.3, -0.25) is 9.69 Å². The summed E-state index contributed by atoms with van der Waals surface area (Å²) in [6.07, 6.45) is 1.70. The van der Waals surface area contributed by atoms with Crippen LogP contribution in [0, 0.1) is 5.82 Å². The normalized spacial score (nSPS) is 17.5. The summed E-state index contributed by atoms with van der Waals surface area (Å²) in [5.41, 5.74) is 0.598. The van der Waals surface area contributed by atoms with Crippen molar-refractivity contribution in [1.82, 2.24) is 9.80 Å². The van der Waals surface area contributed by atoms with Crippen molar-refractivity contribution in [3.8, 4) is 0 Å². The number of nitrogens with zero attached hydrogens (tertiary/aromatic N) is 2. The quantitative estimate of drug-likeness (QED) is 0.869. The number of aliphatic hydroxyl groups is 1. The molecule has 2 rings (SSSR count). The van der Waals surface area contributed by atoms with Crippen molar-refractivity contribution >= 4 is 5.91 Å². The number of aryl methyl sites for hydroxylation is 1. The van der Waals surface area contributed by atoms with E-state index in [0.29, 0.717) is 31.5 Å². The zero-order valence-corrected chi connectivity index (χ0v) is 13.2. The van der Waals surface area contributed by atoms with E-state index in [1.54, 1.807) is 18.2 Å². The maximum Gasteiger partial charge on any atom is 0.222 e. The first-order valence-corrected chi connectivity index (χ1v) is 8.01. The average molecular weight is 308 g/mol. The van der Waals surface area contributed by atoms with Crippen molar-refractivity contribution in [3.05, 3.63) is 35.6 Å². The van der Waals surface area contributed by atoms with Gasteiger partial charge in [-0.05, 0) is 24.5 Å². The number of hydrogen-bond acceptors (Lipinski definition) is 3. The van der Waals surface area contributed by atoms with Gasteiger partial charge in [0.25, 0.3) is 0 Å². The Kier molecular flexibility index (Phi) is 6.34. The number of carbonyl (C=O) groups is 1. The Labute approximate surface area is 131 Å². The molecule has 1 heterocycles. The number of rotatable bonds is 6. The molecule has 1 aromatic carbocycles. The minimum absolute atomic E-state index is 0.0833. The fourth-order valence-electron chi connectivity index (χ4n) is 2.94. The van der Waals surface area contributed by atoms with E-state index in [2.05, 4.69) is 11.8 Å². The first-order valence-electron chi connectivity index (χ1n) is 8.01. The molecule has 1 atom stereocenters. The van der Waals surface area contributed by atoms with Gasteiger partial charge < -0.3 is 10.0 Å². The molecule has 0 aromatic heterocycles. The number of halogens is 1. The molecule has 1 aliphatic heterocycles. The third kappa shape index (κ3) is 4.27. The predicted octanol–water partition coefficient (Wildman–Crippen LogP) is 1.67. The molecular formula is C17H25FN2O2. The lowest BCUT2D eigenvalue weighted by molar-refractivity contribution is -0.133. The highest BCUT2D eigenvalue weighted by Crippen LogP contribution is 2.13. The molecule has 1 saturated heterocycles. The highest BCUT2D eigenvalue weighted by molar-refractivity contribution is 5.76. The topological polar surface area (TPSA) is 43.8 Å². The maximum atomic E-state index is 13.5. The standard InChI is InChI=1S/C17H25FN2O2/c1-2-15(13-21)19-9-11-20(12-10-19)17(22)8-7-14-5-3-4-6-16(14)18/h3-6,15,21H,2,7-13H2,1H3. The van der Waals surface area contributed by atoms with Crippen LogP contribution in [0.2, 0.25) is 0 Å². The highest BCUT2D eigenvalue weighted by atomic mass is 19.1. The summed E-state index contributed by atoms with van der Waals surface area (Å²) in [6, 6.07) is 6.80. The van der Waals surface area contributed by atoms with Crippen LogP contribution in [0.1, 0.15) is 25.3 Å². The second-order valence-electron chi connectivity index (χ2n) is 5.75. The van der Waals surface area contributed by atoms with Gasteiger partial charge in [0.2, 0.25) is 5.91 Å². The van der Waals surface area contributed by atoms with Gasteiger partial charge in [-0.2, -0.15) is 0 Å². The number of hydrogen-bond donors (Lipinski definition) is 1. The van der Waals surface area contributed by atoms with Crippen LogP contribution < -0.4 is 0 Å². The molecule has 0 bridgehead atoms. The molecule has 0 spiro atoms. The Morgan fingerprint density at radius 3 is 2.55 bits per heavy atom. The van der Waals surface area contributed by atoms with Crippen molar-refractivity contribution in [1.29, 1.82) is 0 Å². The van der Waals surface area contributed by atoms with Gasteiger partial charge in [0.15, 0.2) is 0 Å². The number of piperazine rings is 1. The Balaban J connectivity index is 1.79. The molecule has 5 heteroatoms. The summed E-state index contributed by atoms with van der Waals surface area (Å²) in [5, 5.41) is 9.33. The van der Waals surface area contributed by atoms with Crippen LogP contribution in [0.15, 0.2) is 24.3 Å². The molecule has 1 aliphatic rings. The van der Waals surface area contributed by atoms with Crippen LogP contribution in [-0.2, 0) is 11.2 Å². The predicted molar refractivity (Wildman–Crippen MR) is 84.0 cm³/mol. The summed E-state index contributed by atoms with van der Waals surface area (Å²) in [5.74, 6) is -0.159. The van der Waals surface area contributed by atoms with Crippen LogP contribution in [0.3, 0.4) is 0 Å². The summed E-state index contributed by atoms with van der Waals surface area (Å²) in [4.78, 5) is 16.3. The number of carbonyl (C=O) groups excluding carboxylic acids is 1. The van der Waals surface area contributed by atoms with Gasteiger partial charge in [0, 0.05) is 38.6 Å². The maximum absolute atomic E-state index is 13.5. The minimum atomic E-state index is -0.242. The molecule has 4 nitrogen and oxygen atoms in total. The molecule has 0 aliphatic carbocycles. The number of aliphatic hydroxyl groups excluding tert-OH is 1. The molecule has 0 radical (unpaired) electrons. The molecule has 1 amide bonds. The Bertz CT molecular complexity index is 483. The van der Waals surface area contributed by atoms with Gasteiger partial charge in [-0.25, -0.2) is 4.39 Å². The second-order valence-corrected chi connectivity index (χ2v) is 5.75. The van der Waals surface area contributed by atoms with Crippen LogP contribution in [0.5, 0.6) is 0 Å². The van der Waals surface area contributed by atoms with Gasteiger partial charge in [-0.1, -0.05) is 25.1 Å². The smallest absolute Gasteiger partial charge is 0.222 e. The molecule has 1 aromatic rings. The fourth-order valence-corrected chi connectivity index (χ4v) is 2.94. The van der Waals surface area contributed by atoms with E-state index in [1.165, 1.54) is 6.07 Å². The van der Waals surface area contributed by atoms with Crippen molar-refractivity contribution in [2.45, 2.75) is 32.2 Å². The average Bonchev–Trinajstić information content (AvgIpc) is 2.55. The molecule has 1 unspecified atom stereocenters. The first kappa shape index (κ1) is 16.9. The largest absolute Gasteiger partial charge is 0.395 e. The summed E-state index contributed by atoms with van der Waals surface area (Å²) >= 11 is 0. The van der Waals surface area contributed by atoms with Crippen molar-refractivity contribution < 1.29 is 14.3 Å². The second kappa shape index (κ2) is 8.25. The van der Waals surface area contributed by atoms with Gasteiger partial charge in [0.1, 0.15) is 5.82 Å². The summed E-state index contributed by atoms with van der Waals surface area (Å²) in [6.45, 7) is 5.19. The summed E-state index contributed by atoms with van der Waals surface area (Å²) in [7, 11) is 0. The lowest BCUT2D eigenvalue weighted by Gasteiger charge is -2.38. The van der Waals surface area contributed by atoms with Crippen LogP contribution >= 0.6 is 0 Å². The van der Waals surface area contributed by atoms with E-state index in [-0.39, 0.29) is 24.4 Å². The Morgan fingerprint density at radius 1 is 1.27 bits per heavy atom. The lowest BCUT2D eigenvalue weighted by atomic mass is 10.1. The van der Waals surface area contributed by atoms with E-state index in [0.717, 1.165) is 19.5 Å². The van der Waals surface area contributed by atoms with Gasteiger partial charge >= 0.3 is 0 Å². The SMILES string of the molecule is CCC(CO)N1CCN(C(=O)CCc2ccccc2F)CC1. The van der Waals surface area contributed by atoms with Crippen LogP contribution in [0.25, 0.3) is 0 Å². The summed E-state index contributed by atoms with van der Waals surface area (Å²) < 4.78 is 13.5. The lowest BCUT2D eigenvalue weighted by Crippen LogP contribution is -2.52. The third-order valence-corrected chi connectivity index (χ3v) is 4.43. The van der Waals surface area contributed by atoms with E-state index in [9.17, 15) is 14.3 Å². The molecule has 1 fully saturated rings. The third-order valence-electron chi connectivity index (χ3n) is 4.43. The molecule has 0 saturated carbocycles. The molecular weight excluding hydrogens is 283 g/mol. The van der Waals surface area contributed by atoms with E-state index >= 15 is 0 Å². The van der Waals surface area contributed by atoms with Crippen molar-refractivity contribution in [3.63, 3.8) is 0 Å². The number of amides is 1. The minimum Gasteiger partial charge on any atom is -0.395 e. The Morgan fingerprint density at radius 2 is 1.95 bits per heavy atom. The molecule has 22 heavy (non-hydrogen) atoms. The fraction of sp³-hybridized carbons (Fsp3) is 0.588. The van der Waals surface area contributed by atoms with Gasteiger partial charge in [0.05, 0.1) is 6.61 Å². The van der Waals surface area contributed by atoms with Gasteiger partial charge in [-0.15, -0.1) is 0 Å². The van der Waals surface area contributed by atoms with Crippen LogP contribution in [0.4, 0.5) is 4.39 Å². The van der Waals surface area contributed by atoms with E-state index in [1.807, 2.05) is 4.90 Å². The van der Waals surface area contributed by atoms with E-state index < -0.39 is 0 Å². The van der Waals surface area contributed by atoms with Crippen LogP contribution in [-0.4, -0.2) is 59.6 Å². The van der Waals surface area contributed by atoms with Crippen molar-refractivity contribution in [2.75, 3.05) is 32.8 Å². The zero-order chi connectivity index (χ0) is 15.9. The first-order chi connectivity index (χ1) is 10.7. The Hall–Kier alpha value is -1.46. The molecule has 1 N–H and O–H groups in total. The zero-order valence-electron chi connectivity index (χ0n) is 13.2. The molecule has 122 valence electrons. The van der Waals surface area contributed by atoms with Crippen molar-refractivity contribution in [2.24, 2.45) is 0 Å².